The second kappa shape index (κ2) is 20.3. The molecule has 0 spiro atoms. The lowest BCUT2D eigenvalue weighted by molar-refractivity contribution is -0.359. The highest BCUT2D eigenvalue weighted by Gasteiger charge is 2.70. The largest absolute Gasteiger partial charge is 0.432 e. The summed E-state index contributed by atoms with van der Waals surface area (Å²) in [7, 11) is 0. The zero-order valence-electron chi connectivity index (χ0n) is 43.2. The van der Waals surface area contributed by atoms with Gasteiger partial charge in [-0.1, -0.05) is 53.2 Å². The maximum Gasteiger partial charge on any atom is 0.315 e. The fourth-order valence-corrected chi connectivity index (χ4v) is 15.8. The van der Waals surface area contributed by atoms with Crippen LogP contribution in [0.4, 0.5) is 0 Å². The van der Waals surface area contributed by atoms with Gasteiger partial charge in [0.1, 0.15) is 79.4 Å². The average molecular weight is 1050 g/mol. The minimum atomic E-state index is -1.85. The normalized spacial score (nSPS) is 55.0. The number of ether oxygens (including phenoxy) is 8. The third-order valence-corrected chi connectivity index (χ3v) is 20.7. The fraction of sp³-hybridized carbons (Fsp3) is 0.942. The summed E-state index contributed by atoms with van der Waals surface area (Å²) in [6.07, 6.45) is -18.7. The van der Waals surface area contributed by atoms with Crippen LogP contribution >= 0.6 is 0 Å². The standard InChI is InChI=1S/C52H84O21/c1-23-32(56)36(60)39(63)43(69-23)72-41-34(58)27(55)20-67-45(41)68-21-28-35(59)37(61)40(64)44(70-28)73-46(65)52-16-14-47(2,3)18-25(52)24-8-9-30-48(4)12-11-31(71-42-38(62)33(57)26(54)19-66-42)49(5,22-53)29(48)10-13-51(30,7)50(24,6)15-17-52/h8,23,25-45,53-64H,9-22H2,1-7H3/t23-,25-,26-,27+,28+,29+,30+,31-,32-,33-,34-,35+,36+,37-,38+,39+,40+,41+,42-,43-,44-,45-,48-,49-,50+,51+,52-/m0/s1. The quantitative estimate of drug-likeness (QED) is 0.0727. The third kappa shape index (κ3) is 9.20. The minimum Gasteiger partial charge on any atom is -0.432 e. The molecule has 0 aromatic heterocycles. The maximum atomic E-state index is 15.1. The third-order valence-electron chi connectivity index (χ3n) is 20.7. The van der Waals surface area contributed by atoms with Gasteiger partial charge in [-0.3, -0.25) is 4.79 Å². The van der Waals surface area contributed by atoms with Gasteiger partial charge in [0, 0.05) is 5.41 Å². The number of carbonyl (C=O) groups excluding carboxylic acids is 1. The molecule has 4 aliphatic heterocycles. The van der Waals surface area contributed by atoms with E-state index in [1.807, 2.05) is 0 Å². The highest BCUT2D eigenvalue weighted by atomic mass is 16.8. The molecule has 0 radical (unpaired) electrons. The van der Waals surface area contributed by atoms with Crippen LogP contribution in [-0.2, 0) is 42.7 Å². The van der Waals surface area contributed by atoms with Gasteiger partial charge < -0.3 is 99.2 Å². The number of allylic oxidation sites excluding steroid dienone is 2. The molecule has 0 unspecified atom stereocenters. The molecule has 4 heterocycles. The molecule has 0 aromatic rings. The van der Waals surface area contributed by atoms with Crippen molar-refractivity contribution < 1.29 is 104 Å². The van der Waals surface area contributed by atoms with Gasteiger partial charge in [-0.2, -0.15) is 0 Å². The van der Waals surface area contributed by atoms with Gasteiger partial charge in [0.15, 0.2) is 18.9 Å². The summed E-state index contributed by atoms with van der Waals surface area (Å²) in [6, 6.07) is 0. The van der Waals surface area contributed by atoms with E-state index in [-0.39, 0.29) is 52.6 Å². The van der Waals surface area contributed by atoms with E-state index < -0.39 is 147 Å². The Labute approximate surface area is 426 Å². The van der Waals surface area contributed by atoms with Crippen LogP contribution in [0.15, 0.2) is 11.6 Å². The van der Waals surface area contributed by atoms with E-state index in [9.17, 15) is 61.3 Å². The monoisotopic (exact) mass is 1040 g/mol. The second-order valence-corrected chi connectivity index (χ2v) is 25.2. The van der Waals surface area contributed by atoms with Crippen molar-refractivity contribution in [3.05, 3.63) is 11.6 Å². The number of carbonyl (C=O) groups is 1. The van der Waals surface area contributed by atoms with Crippen LogP contribution in [0.3, 0.4) is 0 Å². The molecule has 73 heavy (non-hydrogen) atoms. The second-order valence-electron chi connectivity index (χ2n) is 25.2. The number of rotatable bonds is 10. The molecule has 12 N–H and O–H groups in total. The lowest BCUT2D eigenvalue weighted by Gasteiger charge is -2.71. The van der Waals surface area contributed by atoms with E-state index in [1.54, 1.807) is 0 Å². The molecule has 4 saturated heterocycles. The lowest BCUT2D eigenvalue weighted by Crippen LogP contribution is -2.67. The number of fused-ring (bicyclic) bond motifs is 7. The predicted octanol–water partition coefficient (Wildman–Crippen LogP) is -0.757. The Morgan fingerprint density at radius 1 is 0.644 bits per heavy atom. The van der Waals surface area contributed by atoms with Gasteiger partial charge in [0.25, 0.3) is 0 Å². The summed E-state index contributed by atoms with van der Waals surface area (Å²) in [5, 5.41) is 129. The van der Waals surface area contributed by atoms with E-state index in [0.29, 0.717) is 32.1 Å². The van der Waals surface area contributed by atoms with E-state index in [1.165, 1.54) is 12.5 Å². The Kier molecular flexibility index (Phi) is 15.6. The molecule has 9 rings (SSSR count). The summed E-state index contributed by atoms with van der Waals surface area (Å²) in [4.78, 5) is 15.1. The first kappa shape index (κ1) is 56.2. The topological polar surface area (TPSA) is 334 Å². The zero-order chi connectivity index (χ0) is 53.1. The Hall–Kier alpha value is -1.55. The van der Waals surface area contributed by atoms with Crippen molar-refractivity contribution in [2.45, 2.75) is 229 Å². The Bertz CT molecular complexity index is 2010. The number of esters is 1. The first-order valence-electron chi connectivity index (χ1n) is 26.7. The van der Waals surface area contributed by atoms with Crippen molar-refractivity contribution in [2.24, 2.45) is 50.2 Å². The Morgan fingerprint density at radius 2 is 1.27 bits per heavy atom. The molecule has 0 amide bonds. The molecule has 9 aliphatic rings. The summed E-state index contributed by atoms with van der Waals surface area (Å²) in [5.74, 6) is -0.568. The number of aliphatic hydroxyl groups excluding tert-OH is 12. The zero-order valence-corrected chi connectivity index (χ0v) is 43.2. The number of hydrogen-bond acceptors (Lipinski definition) is 21. The molecule has 4 saturated carbocycles. The predicted molar refractivity (Wildman–Crippen MR) is 251 cm³/mol. The molecule has 0 aromatic carbocycles. The number of hydrogen-bond donors (Lipinski definition) is 12. The number of aliphatic hydroxyl groups is 12. The SMILES string of the molecule is C[C@@H]1O[C@@H](O[C@H]2[C@H](OC[C@H]3O[C@@H](OC(=O)[C@]45CCC(C)(C)C[C@H]4C4=CC[C@@H]6[C@@]7(C)CC[C@H](O[C@@H]8OC[C@H](O)[C@H](O)[C@H]8O)[C@@](C)(CO)[C@@H]7CC[C@@]6(C)[C@]4(C)CC5)[C@H](O)[C@@H](O)[C@@H]3O)OC[C@@H](O)[C@@H]2O)[C@H](O)[C@H](O)[C@H]1O. The molecule has 27 atom stereocenters. The van der Waals surface area contributed by atoms with E-state index in [2.05, 4.69) is 47.6 Å². The lowest BCUT2D eigenvalue weighted by atomic mass is 9.33. The van der Waals surface area contributed by atoms with Crippen molar-refractivity contribution in [1.82, 2.24) is 0 Å². The van der Waals surface area contributed by atoms with Crippen LogP contribution in [0, 0.1) is 50.2 Å². The van der Waals surface area contributed by atoms with Crippen molar-refractivity contribution >= 4 is 5.97 Å². The van der Waals surface area contributed by atoms with Gasteiger partial charge in [0.2, 0.25) is 6.29 Å². The van der Waals surface area contributed by atoms with Gasteiger partial charge in [0.05, 0.1) is 44.1 Å². The summed E-state index contributed by atoms with van der Waals surface area (Å²) in [6.45, 7) is 13.7. The first-order valence-corrected chi connectivity index (χ1v) is 26.7. The van der Waals surface area contributed by atoms with Crippen LogP contribution in [0.2, 0.25) is 0 Å². The molecular weight excluding hydrogens is 961 g/mol. The Balaban J connectivity index is 0.920. The van der Waals surface area contributed by atoms with E-state index in [0.717, 1.165) is 32.1 Å². The van der Waals surface area contributed by atoms with Crippen LogP contribution in [-0.4, -0.2) is 210 Å². The average Bonchev–Trinajstić information content (AvgIpc) is 3.34. The smallest absolute Gasteiger partial charge is 0.315 e. The molecule has 21 nitrogen and oxygen atoms in total. The minimum absolute atomic E-state index is 0.0392. The molecule has 418 valence electrons. The van der Waals surface area contributed by atoms with Crippen molar-refractivity contribution in [3.63, 3.8) is 0 Å². The molecule has 8 fully saturated rings. The first-order chi connectivity index (χ1) is 34.2. The van der Waals surface area contributed by atoms with Gasteiger partial charge >= 0.3 is 5.97 Å². The van der Waals surface area contributed by atoms with E-state index in [4.69, 9.17) is 37.9 Å². The highest BCUT2D eigenvalue weighted by Crippen LogP contribution is 2.76. The van der Waals surface area contributed by atoms with Crippen LogP contribution in [0.1, 0.15) is 113 Å². The van der Waals surface area contributed by atoms with E-state index >= 15 is 4.79 Å². The Morgan fingerprint density at radius 3 is 1.97 bits per heavy atom. The summed E-state index contributed by atoms with van der Waals surface area (Å²) >= 11 is 0. The molecule has 5 aliphatic carbocycles. The molecule has 0 bridgehead atoms. The highest BCUT2D eigenvalue weighted by molar-refractivity contribution is 5.79. The molecule has 21 heteroatoms. The van der Waals surface area contributed by atoms with Crippen LogP contribution < -0.4 is 0 Å². The van der Waals surface area contributed by atoms with Crippen molar-refractivity contribution in [2.75, 3.05) is 26.4 Å². The summed E-state index contributed by atoms with van der Waals surface area (Å²) < 4.78 is 47.2. The van der Waals surface area contributed by atoms with Gasteiger partial charge in [-0.15, -0.1) is 0 Å². The van der Waals surface area contributed by atoms with Gasteiger partial charge in [-0.05, 0) is 111 Å². The van der Waals surface area contributed by atoms with Crippen molar-refractivity contribution in [1.29, 1.82) is 0 Å². The van der Waals surface area contributed by atoms with Gasteiger partial charge in [-0.25, -0.2) is 0 Å². The van der Waals surface area contributed by atoms with Crippen LogP contribution in [0.5, 0.6) is 0 Å². The fourth-order valence-electron chi connectivity index (χ4n) is 15.8. The maximum absolute atomic E-state index is 15.1. The van der Waals surface area contributed by atoms with Crippen LogP contribution in [0.25, 0.3) is 0 Å². The molecular formula is C52H84O21. The van der Waals surface area contributed by atoms with Crippen molar-refractivity contribution in [3.8, 4) is 0 Å². The summed E-state index contributed by atoms with van der Waals surface area (Å²) in [5.41, 5.74) is -1.39.